The van der Waals surface area contributed by atoms with Gasteiger partial charge in [0.15, 0.2) is 0 Å². The van der Waals surface area contributed by atoms with Crippen molar-refractivity contribution in [1.82, 2.24) is 9.97 Å². The number of thioether (sulfide) groups is 1. The van der Waals surface area contributed by atoms with Crippen LogP contribution in [-0.2, 0) is 4.79 Å². The highest BCUT2D eigenvalue weighted by Crippen LogP contribution is 2.39. The fraction of sp³-hybridized carbons (Fsp3) is 0.278. The van der Waals surface area contributed by atoms with Crippen LogP contribution in [0, 0.1) is 13.8 Å². The maximum absolute atomic E-state index is 11.4. The predicted molar refractivity (Wildman–Crippen MR) is 99.9 cm³/mol. The number of nitrogens with zero attached hydrogens (tertiary/aromatic N) is 2. The molecule has 0 amide bonds. The van der Waals surface area contributed by atoms with Gasteiger partial charge in [-0.3, -0.25) is 4.79 Å². The number of aromatic nitrogens is 2. The first-order chi connectivity index (χ1) is 11.5. The maximum atomic E-state index is 11.4. The molecule has 2 aromatic heterocycles. The van der Waals surface area contributed by atoms with Gasteiger partial charge in [-0.25, -0.2) is 9.97 Å². The molecule has 0 bridgehead atoms. The normalized spacial score (nSPS) is 12.5. The lowest BCUT2D eigenvalue weighted by Gasteiger charge is -2.11. The van der Waals surface area contributed by atoms with Crippen LogP contribution in [0.2, 0.25) is 0 Å². The summed E-state index contributed by atoms with van der Waals surface area (Å²) >= 11 is 2.87. The largest absolute Gasteiger partial charge is 0.480 e. The smallest absolute Gasteiger partial charge is 0.317 e. The van der Waals surface area contributed by atoms with Crippen LogP contribution in [0.25, 0.3) is 21.3 Å². The highest BCUT2D eigenvalue weighted by Gasteiger charge is 2.21. The minimum atomic E-state index is -0.808. The Hall–Kier alpha value is -1.92. The van der Waals surface area contributed by atoms with Crippen molar-refractivity contribution in [2.45, 2.75) is 37.5 Å². The molecular formula is C18H18N2O2S2. The van der Waals surface area contributed by atoms with Gasteiger partial charge in [-0.2, -0.15) is 0 Å². The summed E-state index contributed by atoms with van der Waals surface area (Å²) < 4.78 is 0. The van der Waals surface area contributed by atoms with Crippen LogP contribution in [0.1, 0.15) is 24.5 Å². The quantitative estimate of drug-likeness (QED) is 0.517. The van der Waals surface area contributed by atoms with E-state index in [2.05, 4.69) is 47.4 Å². The Morgan fingerprint density at radius 2 is 2.08 bits per heavy atom. The molecule has 124 valence electrons. The molecule has 0 saturated heterocycles. The van der Waals surface area contributed by atoms with E-state index in [1.807, 2.05) is 6.92 Å². The molecule has 0 aliphatic rings. The van der Waals surface area contributed by atoms with Gasteiger partial charge in [-0.15, -0.1) is 11.3 Å². The topological polar surface area (TPSA) is 63.1 Å². The van der Waals surface area contributed by atoms with Gasteiger partial charge in [0, 0.05) is 10.9 Å². The molecule has 1 N–H and O–H groups in total. The van der Waals surface area contributed by atoms with Crippen molar-refractivity contribution in [3.05, 3.63) is 41.0 Å². The lowest BCUT2D eigenvalue weighted by Crippen LogP contribution is -2.15. The molecular weight excluding hydrogens is 340 g/mol. The number of hydrogen-bond acceptors (Lipinski definition) is 5. The fourth-order valence-electron chi connectivity index (χ4n) is 2.50. The van der Waals surface area contributed by atoms with Crippen LogP contribution in [0.4, 0.5) is 0 Å². The average molecular weight is 358 g/mol. The second-order valence-electron chi connectivity index (χ2n) is 5.66. The summed E-state index contributed by atoms with van der Waals surface area (Å²) in [6.45, 7) is 6.06. The zero-order valence-corrected chi connectivity index (χ0v) is 15.4. The summed E-state index contributed by atoms with van der Waals surface area (Å²) in [5.74, 6) is -0.808. The van der Waals surface area contributed by atoms with E-state index in [0.717, 1.165) is 26.4 Å². The van der Waals surface area contributed by atoms with Gasteiger partial charge in [0.05, 0.1) is 5.39 Å². The Labute approximate surface area is 149 Å². The molecule has 0 saturated carbocycles. The Bertz CT molecular complexity index is 905. The number of thiophene rings is 1. The van der Waals surface area contributed by atoms with Crippen molar-refractivity contribution in [2.24, 2.45) is 0 Å². The Balaban J connectivity index is 2.13. The molecule has 24 heavy (non-hydrogen) atoms. The van der Waals surface area contributed by atoms with Crippen LogP contribution in [0.5, 0.6) is 0 Å². The second-order valence-corrected chi connectivity index (χ2v) is 7.71. The van der Waals surface area contributed by atoms with Crippen LogP contribution in [0.15, 0.2) is 34.9 Å². The number of carboxylic acid groups (broad SMARTS) is 1. The number of rotatable bonds is 5. The summed E-state index contributed by atoms with van der Waals surface area (Å²) in [5, 5.41) is 12.6. The molecule has 0 spiro atoms. The van der Waals surface area contributed by atoms with E-state index in [1.165, 1.54) is 29.2 Å². The van der Waals surface area contributed by atoms with Gasteiger partial charge in [0.25, 0.3) is 0 Å². The van der Waals surface area contributed by atoms with Crippen molar-refractivity contribution in [2.75, 3.05) is 0 Å². The third kappa shape index (κ3) is 3.16. The summed E-state index contributed by atoms with van der Waals surface area (Å²) in [4.78, 5) is 21.0. The molecule has 0 aliphatic heterocycles. The van der Waals surface area contributed by atoms with Gasteiger partial charge in [0.1, 0.15) is 21.4 Å². The van der Waals surface area contributed by atoms with Crippen LogP contribution in [-0.4, -0.2) is 26.3 Å². The number of aryl methyl sites for hydroxylation is 2. The molecule has 1 unspecified atom stereocenters. The molecule has 0 aliphatic carbocycles. The number of carboxylic acids is 1. The standard InChI is InChI=1S/C18H18N2O2S2/c1-4-14(18(21)22)24-17-15-13(8-23-16(15)19-9-20-17)12-6-5-10(2)11(3)7-12/h5-9,14H,4H2,1-3H3,(H,21,22). The molecule has 0 fully saturated rings. The van der Waals surface area contributed by atoms with E-state index in [9.17, 15) is 9.90 Å². The van der Waals surface area contributed by atoms with Crippen molar-refractivity contribution >= 4 is 39.3 Å². The molecule has 1 atom stereocenters. The number of benzene rings is 1. The second kappa shape index (κ2) is 6.91. The Morgan fingerprint density at radius 1 is 1.29 bits per heavy atom. The molecule has 1 aromatic carbocycles. The lowest BCUT2D eigenvalue weighted by molar-refractivity contribution is -0.136. The zero-order chi connectivity index (χ0) is 17.3. The van der Waals surface area contributed by atoms with Gasteiger partial charge in [0.2, 0.25) is 0 Å². The van der Waals surface area contributed by atoms with Crippen molar-refractivity contribution in [1.29, 1.82) is 0 Å². The van der Waals surface area contributed by atoms with Gasteiger partial charge < -0.3 is 5.11 Å². The van der Waals surface area contributed by atoms with Gasteiger partial charge in [-0.1, -0.05) is 36.9 Å². The lowest BCUT2D eigenvalue weighted by atomic mass is 10.0. The molecule has 6 heteroatoms. The third-order valence-electron chi connectivity index (χ3n) is 4.05. The van der Waals surface area contributed by atoms with Crippen LogP contribution < -0.4 is 0 Å². The third-order valence-corrected chi connectivity index (χ3v) is 6.29. The summed E-state index contributed by atoms with van der Waals surface area (Å²) in [7, 11) is 0. The molecule has 2 heterocycles. The van der Waals surface area contributed by atoms with E-state index in [4.69, 9.17) is 0 Å². The minimum Gasteiger partial charge on any atom is -0.480 e. The first kappa shape index (κ1) is 16.9. The first-order valence-electron chi connectivity index (χ1n) is 7.70. The first-order valence-corrected chi connectivity index (χ1v) is 9.46. The maximum Gasteiger partial charge on any atom is 0.317 e. The minimum absolute atomic E-state index is 0.504. The molecule has 4 nitrogen and oxygen atoms in total. The van der Waals surface area contributed by atoms with E-state index in [-0.39, 0.29) is 0 Å². The van der Waals surface area contributed by atoms with E-state index >= 15 is 0 Å². The number of hydrogen-bond donors (Lipinski definition) is 1. The number of fused-ring (bicyclic) bond motifs is 1. The molecule has 0 radical (unpaired) electrons. The molecule has 3 aromatic rings. The summed E-state index contributed by atoms with van der Waals surface area (Å²) in [6.07, 6.45) is 2.06. The highest BCUT2D eigenvalue weighted by atomic mass is 32.2. The van der Waals surface area contributed by atoms with E-state index in [1.54, 1.807) is 11.3 Å². The van der Waals surface area contributed by atoms with Crippen LogP contribution in [0.3, 0.4) is 0 Å². The predicted octanol–water partition coefficient (Wildman–Crippen LogP) is 4.93. The monoisotopic (exact) mass is 358 g/mol. The number of carbonyl (C=O) groups is 1. The Kier molecular flexibility index (Phi) is 4.87. The Morgan fingerprint density at radius 3 is 2.75 bits per heavy atom. The van der Waals surface area contributed by atoms with Gasteiger partial charge >= 0.3 is 5.97 Å². The molecule has 3 rings (SSSR count). The van der Waals surface area contributed by atoms with Crippen LogP contribution >= 0.6 is 23.1 Å². The summed E-state index contributed by atoms with van der Waals surface area (Å²) in [5.41, 5.74) is 4.67. The van der Waals surface area contributed by atoms with E-state index < -0.39 is 11.2 Å². The number of aliphatic carboxylic acids is 1. The van der Waals surface area contributed by atoms with E-state index in [0.29, 0.717) is 6.42 Å². The average Bonchev–Trinajstić information content (AvgIpc) is 2.99. The summed E-state index contributed by atoms with van der Waals surface area (Å²) in [6, 6.07) is 6.36. The van der Waals surface area contributed by atoms with Crippen molar-refractivity contribution in [3.8, 4) is 11.1 Å². The van der Waals surface area contributed by atoms with Gasteiger partial charge in [-0.05, 0) is 37.0 Å². The van der Waals surface area contributed by atoms with Crippen molar-refractivity contribution in [3.63, 3.8) is 0 Å². The highest BCUT2D eigenvalue weighted by molar-refractivity contribution is 8.00. The van der Waals surface area contributed by atoms with Crippen molar-refractivity contribution < 1.29 is 9.90 Å². The fourth-order valence-corrected chi connectivity index (χ4v) is 4.45. The SMILES string of the molecule is CCC(Sc1ncnc2scc(-c3ccc(C)c(C)c3)c12)C(=O)O. The zero-order valence-electron chi connectivity index (χ0n) is 13.7.